The highest BCUT2D eigenvalue weighted by molar-refractivity contribution is 6.29. The number of rotatable bonds is 3. The molecule has 72 valence electrons. The van der Waals surface area contributed by atoms with Crippen molar-refractivity contribution in [3.8, 4) is 0 Å². The first-order chi connectivity index (χ1) is 6.20. The summed E-state index contributed by atoms with van der Waals surface area (Å²) in [5, 5.41) is 3.06. The van der Waals surface area contributed by atoms with E-state index in [1.807, 2.05) is 0 Å². The summed E-state index contributed by atoms with van der Waals surface area (Å²) in [4.78, 5) is 11.3. The molecule has 13 heavy (non-hydrogen) atoms. The largest absolute Gasteiger partial charge is 0.501 e. The molecule has 1 aliphatic rings. The van der Waals surface area contributed by atoms with E-state index in [2.05, 4.69) is 11.9 Å². The summed E-state index contributed by atoms with van der Waals surface area (Å²) in [5.74, 6) is -0.124. The highest BCUT2D eigenvalue weighted by atomic mass is 35.5. The zero-order valence-electron chi connectivity index (χ0n) is 7.31. The summed E-state index contributed by atoms with van der Waals surface area (Å²) in [7, 11) is 0. The van der Waals surface area contributed by atoms with Crippen LogP contribution in [0.2, 0.25) is 0 Å². The van der Waals surface area contributed by atoms with Crippen molar-refractivity contribution in [1.82, 2.24) is 5.32 Å². The summed E-state index contributed by atoms with van der Waals surface area (Å²) in [6.07, 6.45) is 3.16. The van der Waals surface area contributed by atoms with Crippen molar-refractivity contribution in [3.63, 3.8) is 0 Å². The first kappa shape index (κ1) is 10.1. The van der Waals surface area contributed by atoms with E-state index < -0.39 is 0 Å². The second-order valence-electron chi connectivity index (χ2n) is 2.82. The van der Waals surface area contributed by atoms with Crippen molar-refractivity contribution in [1.29, 1.82) is 0 Å². The first-order valence-electron chi connectivity index (χ1n) is 4.12. The summed E-state index contributed by atoms with van der Waals surface area (Å²) >= 11 is 5.50. The van der Waals surface area contributed by atoms with Gasteiger partial charge in [-0.25, -0.2) is 0 Å². The van der Waals surface area contributed by atoms with Gasteiger partial charge in [0, 0.05) is 5.03 Å². The van der Waals surface area contributed by atoms with Gasteiger partial charge in [-0.2, -0.15) is 0 Å². The molecule has 0 aromatic carbocycles. The lowest BCUT2D eigenvalue weighted by molar-refractivity contribution is -0.117. The molecule has 0 aliphatic carbocycles. The van der Waals surface area contributed by atoms with Crippen LogP contribution in [0.3, 0.4) is 0 Å². The van der Waals surface area contributed by atoms with Crippen molar-refractivity contribution in [2.45, 2.75) is 12.8 Å². The topological polar surface area (TPSA) is 38.3 Å². The van der Waals surface area contributed by atoms with Crippen molar-refractivity contribution < 1.29 is 9.53 Å². The quantitative estimate of drug-likeness (QED) is 0.753. The molecule has 4 heteroatoms. The molecule has 0 aromatic rings. The maximum absolute atomic E-state index is 11.3. The molecule has 0 saturated heterocycles. The van der Waals surface area contributed by atoms with Gasteiger partial charge in [0.25, 0.3) is 5.91 Å². The Morgan fingerprint density at radius 2 is 2.54 bits per heavy atom. The Hall–Kier alpha value is -0.960. The number of hydrogen-bond donors (Lipinski definition) is 1. The fourth-order valence-corrected chi connectivity index (χ4v) is 1.09. The lowest BCUT2D eigenvalue weighted by Gasteiger charge is -2.12. The maximum Gasteiger partial charge on any atom is 0.250 e. The minimum Gasteiger partial charge on any atom is -0.501 e. The monoisotopic (exact) mass is 201 g/mol. The standard InChI is InChI=1S/C9H12ClNO2/c1-7(10)5-11-9(12)8-3-2-4-13-6-8/h6H,1-5H2,(H,11,12). The van der Waals surface area contributed by atoms with Crippen LogP contribution in [0.5, 0.6) is 0 Å². The highest BCUT2D eigenvalue weighted by Crippen LogP contribution is 2.11. The Morgan fingerprint density at radius 1 is 1.77 bits per heavy atom. The van der Waals surface area contributed by atoms with Crippen LogP contribution < -0.4 is 5.32 Å². The highest BCUT2D eigenvalue weighted by Gasteiger charge is 2.12. The third-order valence-electron chi connectivity index (χ3n) is 1.67. The third-order valence-corrected chi connectivity index (χ3v) is 1.80. The molecular weight excluding hydrogens is 190 g/mol. The van der Waals surface area contributed by atoms with Crippen LogP contribution in [-0.2, 0) is 9.53 Å². The van der Waals surface area contributed by atoms with Gasteiger partial charge in [-0.15, -0.1) is 0 Å². The van der Waals surface area contributed by atoms with Crippen LogP contribution in [-0.4, -0.2) is 19.1 Å². The van der Waals surface area contributed by atoms with E-state index in [9.17, 15) is 4.79 Å². The van der Waals surface area contributed by atoms with Gasteiger partial charge in [0.05, 0.1) is 25.0 Å². The van der Waals surface area contributed by atoms with E-state index >= 15 is 0 Å². The molecular formula is C9H12ClNO2. The first-order valence-corrected chi connectivity index (χ1v) is 4.50. The number of carbonyl (C=O) groups excluding carboxylic acids is 1. The Labute approximate surface area is 82.4 Å². The molecule has 1 amide bonds. The molecule has 0 radical (unpaired) electrons. The summed E-state index contributed by atoms with van der Waals surface area (Å²) in [6, 6.07) is 0. The molecule has 0 bridgehead atoms. The molecule has 0 unspecified atom stereocenters. The second kappa shape index (κ2) is 4.92. The second-order valence-corrected chi connectivity index (χ2v) is 3.35. The van der Waals surface area contributed by atoms with Crippen LogP contribution in [0.4, 0.5) is 0 Å². The fourth-order valence-electron chi connectivity index (χ4n) is 1.02. The van der Waals surface area contributed by atoms with Crippen molar-refractivity contribution in [2.24, 2.45) is 0 Å². The Bertz CT molecular complexity index is 248. The van der Waals surface area contributed by atoms with Gasteiger partial charge in [-0.05, 0) is 12.8 Å². The Kier molecular flexibility index (Phi) is 3.83. The van der Waals surface area contributed by atoms with E-state index in [-0.39, 0.29) is 5.91 Å². The number of halogens is 1. The lowest BCUT2D eigenvalue weighted by Crippen LogP contribution is -2.27. The molecule has 0 fully saturated rings. The molecule has 0 spiro atoms. The number of hydrogen-bond acceptors (Lipinski definition) is 2. The van der Waals surface area contributed by atoms with Gasteiger partial charge in [-0.1, -0.05) is 18.2 Å². The van der Waals surface area contributed by atoms with Gasteiger partial charge >= 0.3 is 0 Å². The lowest BCUT2D eigenvalue weighted by atomic mass is 10.1. The van der Waals surface area contributed by atoms with E-state index in [1.54, 1.807) is 0 Å². The summed E-state index contributed by atoms with van der Waals surface area (Å²) in [5.41, 5.74) is 0.671. The van der Waals surface area contributed by atoms with Gasteiger partial charge in [0.1, 0.15) is 0 Å². The zero-order chi connectivity index (χ0) is 9.68. The smallest absolute Gasteiger partial charge is 0.250 e. The SMILES string of the molecule is C=C(Cl)CNC(=O)C1=COCCC1. The zero-order valence-corrected chi connectivity index (χ0v) is 8.06. The minimum atomic E-state index is -0.124. The summed E-state index contributed by atoms with van der Waals surface area (Å²) < 4.78 is 5.03. The summed E-state index contributed by atoms with van der Waals surface area (Å²) in [6.45, 7) is 4.47. The molecule has 3 nitrogen and oxygen atoms in total. The number of amides is 1. The number of ether oxygens (including phenoxy) is 1. The average Bonchev–Trinajstić information content (AvgIpc) is 2.15. The Balaban J connectivity index is 2.38. The van der Waals surface area contributed by atoms with Crippen molar-refractivity contribution >= 4 is 17.5 Å². The van der Waals surface area contributed by atoms with Gasteiger partial charge < -0.3 is 10.1 Å². The van der Waals surface area contributed by atoms with Crippen molar-refractivity contribution in [2.75, 3.05) is 13.2 Å². The molecule has 0 aromatic heterocycles. The third kappa shape index (κ3) is 3.51. The van der Waals surface area contributed by atoms with Gasteiger partial charge in [0.15, 0.2) is 0 Å². The number of nitrogens with one attached hydrogen (secondary N) is 1. The fraction of sp³-hybridized carbons (Fsp3) is 0.444. The molecule has 1 aliphatic heterocycles. The van der Waals surface area contributed by atoms with E-state index in [0.29, 0.717) is 23.8 Å². The van der Waals surface area contributed by atoms with Crippen LogP contribution in [0.25, 0.3) is 0 Å². The van der Waals surface area contributed by atoms with Crippen molar-refractivity contribution in [3.05, 3.63) is 23.4 Å². The minimum absolute atomic E-state index is 0.124. The maximum atomic E-state index is 11.3. The Morgan fingerprint density at radius 3 is 3.08 bits per heavy atom. The normalized spacial score (nSPS) is 15.6. The number of carbonyl (C=O) groups is 1. The predicted octanol–water partition coefficient (Wildman–Crippen LogP) is 1.55. The molecule has 1 N–H and O–H groups in total. The molecule has 0 atom stereocenters. The van der Waals surface area contributed by atoms with E-state index in [0.717, 1.165) is 12.8 Å². The van der Waals surface area contributed by atoms with Gasteiger partial charge in [0.2, 0.25) is 0 Å². The predicted molar refractivity (Wildman–Crippen MR) is 51.3 cm³/mol. The molecule has 0 saturated carbocycles. The van der Waals surface area contributed by atoms with E-state index in [1.165, 1.54) is 6.26 Å². The van der Waals surface area contributed by atoms with Crippen LogP contribution in [0.1, 0.15) is 12.8 Å². The van der Waals surface area contributed by atoms with Gasteiger partial charge in [-0.3, -0.25) is 4.79 Å². The van der Waals surface area contributed by atoms with Crippen LogP contribution in [0, 0.1) is 0 Å². The van der Waals surface area contributed by atoms with Crippen LogP contribution in [0.15, 0.2) is 23.4 Å². The van der Waals surface area contributed by atoms with Crippen LogP contribution >= 0.6 is 11.6 Å². The average molecular weight is 202 g/mol. The molecule has 1 heterocycles. The van der Waals surface area contributed by atoms with E-state index in [4.69, 9.17) is 16.3 Å². The molecule has 1 rings (SSSR count).